The van der Waals surface area contributed by atoms with Crippen molar-refractivity contribution < 1.29 is 14.0 Å². The number of hydrogen-bond acceptors (Lipinski definition) is 2. The third-order valence-electron chi connectivity index (χ3n) is 4.96. The Hall–Kier alpha value is -3.47. The van der Waals surface area contributed by atoms with Gasteiger partial charge in [-0.2, -0.15) is 0 Å². The predicted molar refractivity (Wildman–Crippen MR) is 107 cm³/mol. The van der Waals surface area contributed by atoms with Crippen molar-refractivity contribution in [2.75, 3.05) is 10.2 Å². The molecule has 140 valence electrons. The molecule has 4 nitrogen and oxygen atoms in total. The molecule has 0 radical (unpaired) electrons. The summed E-state index contributed by atoms with van der Waals surface area (Å²) in [4.78, 5) is 27.8. The summed E-state index contributed by atoms with van der Waals surface area (Å²) in [7, 11) is 0. The minimum absolute atomic E-state index is 0.221. The standard InChI is InChI=1S/C23H19FN2O2/c1-15-13-18(24)11-12-19(15)25-22(27)21-14-17-9-5-6-10-20(17)26(21)23(28)16-7-3-2-4-8-16/h2-13,21H,14H2,1H3,(H,25,27)/t21-/m1/s1. The Balaban J connectivity index is 1.67. The summed E-state index contributed by atoms with van der Waals surface area (Å²) in [5.41, 5.74) is 3.38. The molecule has 1 atom stereocenters. The Morgan fingerprint density at radius 1 is 1.00 bits per heavy atom. The van der Waals surface area contributed by atoms with E-state index in [4.69, 9.17) is 0 Å². The molecule has 0 spiro atoms. The van der Waals surface area contributed by atoms with Gasteiger partial charge in [0.2, 0.25) is 5.91 Å². The molecule has 1 aliphatic rings. The van der Waals surface area contributed by atoms with Crippen LogP contribution in [-0.4, -0.2) is 17.9 Å². The number of anilines is 2. The summed E-state index contributed by atoms with van der Waals surface area (Å²) in [6.07, 6.45) is 0.431. The average Bonchev–Trinajstić information content (AvgIpc) is 3.10. The van der Waals surface area contributed by atoms with E-state index in [2.05, 4.69) is 5.32 Å². The lowest BCUT2D eigenvalue weighted by molar-refractivity contribution is -0.117. The number of para-hydroxylation sites is 1. The van der Waals surface area contributed by atoms with Gasteiger partial charge in [-0.3, -0.25) is 14.5 Å². The first-order chi connectivity index (χ1) is 13.5. The van der Waals surface area contributed by atoms with Crippen molar-refractivity contribution in [3.8, 4) is 0 Å². The molecule has 28 heavy (non-hydrogen) atoms. The molecule has 0 saturated heterocycles. The molecule has 0 aromatic heterocycles. The van der Waals surface area contributed by atoms with E-state index < -0.39 is 6.04 Å². The van der Waals surface area contributed by atoms with E-state index in [0.29, 0.717) is 23.2 Å². The number of halogens is 1. The number of carbonyl (C=O) groups excluding carboxylic acids is 2. The highest BCUT2D eigenvalue weighted by Gasteiger charge is 2.38. The number of nitrogens with one attached hydrogen (secondary N) is 1. The average molecular weight is 374 g/mol. The largest absolute Gasteiger partial charge is 0.324 e. The van der Waals surface area contributed by atoms with Crippen molar-refractivity contribution >= 4 is 23.2 Å². The van der Waals surface area contributed by atoms with Crippen LogP contribution in [0, 0.1) is 12.7 Å². The second kappa shape index (κ2) is 7.27. The first-order valence-electron chi connectivity index (χ1n) is 9.08. The van der Waals surface area contributed by atoms with Crippen molar-refractivity contribution in [2.45, 2.75) is 19.4 Å². The van der Waals surface area contributed by atoms with Crippen molar-refractivity contribution in [3.05, 3.63) is 95.3 Å². The molecular formula is C23H19FN2O2. The number of nitrogens with zero attached hydrogens (tertiary/aromatic N) is 1. The summed E-state index contributed by atoms with van der Waals surface area (Å²) in [5.74, 6) is -0.874. The van der Waals surface area contributed by atoms with Crippen LogP contribution in [0.3, 0.4) is 0 Å². The first-order valence-corrected chi connectivity index (χ1v) is 9.08. The van der Waals surface area contributed by atoms with E-state index in [0.717, 1.165) is 11.3 Å². The van der Waals surface area contributed by atoms with Gasteiger partial charge in [-0.05, 0) is 54.4 Å². The van der Waals surface area contributed by atoms with E-state index in [1.54, 1.807) is 36.1 Å². The van der Waals surface area contributed by atoms with Crippen molar-refractivity contribution in [3.63, 3.8) is 0 Å². The second-order valence-corrected chi connectivity index (χ2v) is 6.84. The normalized spacial score (nSPS) is 15.2. The van der Waals surface area contributed by atoms with Crippen LogP contribution in [0.2, 0.25) is 0 Å². The SMILES string of the molecule is Cc1cc(F)ccc1NC(=O)[C@H]1Cc2ccccc2N1C(=O)c1ccccc1. The Morgan fingerprint density at radius 2 is 1.71 bits per heavy atom. The number of carbonyl (C=O) groups is 2. The van der Waals surface area contributed by atoms with Crippen LogP contribution in [-0.2, 0) is 11.2 Å². The molecule has 1 aliphatic heterocycles. The molecule has 1 heterocycles. The number of hydrogen-bond donors (Lipinski definition) is 1. The topological polar surface area (TPSA) is 49.4 Å². The van der Waals surface area contributed by atoms with Crippen molar-refractivity contribution in [1.82, 2.24) is 0 Å². The van der Waals surface area contributed by atoms with E-state index in [1.807, 2.05) is 30.3 Å². The molecule has 0 aliphatic carbocycles. The van der Waals surface area contributed by atoms with Gasteiger partial charge >= 0.3 is 0 Å². The number of benzene rings is 3. The Morgan fingerprint density at radius 3 is 2.46 bits per heavy atom. The maximum Gasteiger partial charge on any atom is 0.259 e. The summed E-state index contributed by atoms with van der Waals surface area (Å²) in [6.45, 7) is 1.73. The van der Waals surface area contributed by atoms with Gasteiger partial charge in [0.05, 0.1) is 0 Å². The van der Waals surface area contributed by atoms with Crippen molar-refractivity contribution in [1.29, 1.82) is 0 Å². The van der Waals surface area contributed by atoms with Gasteiger partial charge in [0.25, 0.3) is 5.91 Å². The Bertz CT molecular complexity index is 1050. The van der Waals surface area contributed by atoms with E-state index >= 15 is 0 Å². The molecule has 0 bridgehead atoms. The molecule has 3 aromatic rings. The molecular weight excluding hydrogens is 355 g/mol. The Kier molecular flexibility index (Phi) is 4.65. The third-order valence-corrected chi connectivity index (χ3v) is 4.96. The fourth-order valence-corrected chi connectivity index (χ4v) is 3.55. The van der Waals surface area contributed by atoms with Gasteiger partial charge in [-0.15, -0.1) is 0 Å². The zero-order valence-corrected chi connectivity index (χ0v) is 15.4. The lowest BCUT2D eigenvalue weighted by Crippen LogP contribution is -2.45. The molecule has 5 heteroatoms. The van der Waals surface area contributed by atoms with Gasteiger partial charge in [-0.1, -0.05) is 36.4 Å². The molecule has 0 unspecified atom stereocenters. The lowest BCUT2D eigenvalue weighted by Gasteiger charge is -2.25. The van der Waals surface area contributed by atoms with E-state index in [-0.39, 0.29) is 17.6 Å². The number of amides is 2. The predicted octanol–water partition coefficient (Wildman–Crippen LogP) is 4.34. The number of aryl methyl sites for hydroxylation is 1. The fraction of sp³-hybridized carbons (Fsp3) is 0.130. The summed E-state index contributed by atoms with van der Waals surface area (Å²) >= 11 is 0. The van der Waals surface area contributed by atoms with Crippen LogP contribution < -0.4 is 10.2 Å². The fourth-order valence-electron chi connectivity index (χ4n) is 3.55. The number of fused-ring (bicyclic) bond motifs is 1. The number of rotatable bonds is 3. The monoisotopic (exact) mass is 374 g/mol. The highest BCUT2D eigenvalue weighted by Crippen LogP contribution is 2.34. The second-order valence-electron chi connectivity index (χ2n) is 6.84. The minimum Gasteiger partial charge on any atom is -0.324 e. The zero-order chi connectivity index (χ0) is 19.7. The maximum atomic E-state index is 13.4. The van der Waals surface area contributed by atoms with Crippen LogP contribution in [0.4, 0.5) is 15.8 Å². The van der Waals surface area contributed by atoms with Gasteiger partial charge < -0.3 is 5.32 Å². The zero-order valence-electron chi connectivity index (χ0n) is 15.4. The summed E-state index contributed by atoms with van der Waals surface area (Å²) in [6, 6.07) is 20.0. The summed E-state index contributed by atoms with van der Waals surface area (Å²) in [5, 5.41) is 2.85. The minimum atomic E-state index is -0.672. The molecule has 2 amide bonds. The molecule has 1 N–H and O–H groups in total. The highest BCUT2D eigenvalue weighted by atomic mass is 19.1. The molecule has 0 saturated carbocycles. The van der Waals surface area contributed by atoms with Crippen LogP contribution in [0.15, 0.2) is 72.8 Å². The molecule has 3 aromatic carbocycles. The third kappa shape index (κ3) is 3.27. The van der Waals surface area contributed by atoms with Crippen LogP contribution in [0.25, 0.3) is 0 Å². The highest BCUT2D eigenvalue weighted by molar-refractivity contribution is 6.13. The first kappa shape index (κ1) is 17.9. The van der Waals surface area contributed by atoms with Gasteiger partial charge in [0, 0.05) is 23.4 Å². The lowest BCUT2D eigenvalue weighted by atomic mass is 10.1. The summed E-state index contributed by atoms with van der Waals surface area (Å²) < 4.78 is 13.4. The maximum absolute atomic E-state index is 13.4. The van der Waals surface area contributed by atoms with Gasteiger partial charge in [0.1, 0.15) is 11.9 Å². The quantitative estimate of drug-likeness (QED) is 0.741. The van der Waals surface area contributed by atoms with Crippen LogP contribution >= 0.6 is 0 Å². The molecule has 4 rings (SSSR count). The smallest absolute Gasteiger partial charge is 0.259 e. The van der Waals surface area contributed by atoms with E-state index in [1.165, 1.54) is 18.2 Å². The Labute approximate surface area is 162 Å². The van der Waals surface area contributed by atoms with Gasteiger partial charge in [0.15, 0.2) is 0 Å². The van der Waals surface area contributed by atoms with Crippen LogP contribution in [0.1, 0.15) is 21.5 Å². The van der Waals surface area contributed by atoms with E-state index in [9.17, 15) is 14.0 Å². The van der Waals surface area contributed by atoms with Crippen LogP contribution in [0.5, 0.6) is 0 Å². The molecule has 0 fully saturated rings. The van der Waals surface area contributed by atoms with Gasteiger partial charge in [-0.25, -0.2) is 4.39 Å². The van der Waals surface area contributed by atoms with Crippen molar-refractivity contribution in [2.24, 2.45) is 0 Å².